The number of aliphatic hydroxyl groups excluding tert-OH is 1. The van der Waals surface area contributed by atoms with Crippen molar-refractivity contribution < 1.29 is 24.2 Å². The molecule has 3 aromatic rings. The van der Waals surface area contributed by atoms with Gasteiger partial charge >= 0.3 is 0 Å². The highest BCUT2D eigenvalue weighted by molar-refractivity contribution is 6.21. The van der Waals surface area contributed by atoms with Crippen molar-refractivity contribution in [3.63, 3.8) is 0 Å². The van der Waals surface area contributed by atoms with Crippen LogP contribution in [0.2, 0.25) is 0 Å². The molecule has 3 heterocycles. The van der Waals surface area contributed by atoms with E-state index in [1.54, 1.807) is 24.3 Å². The largest absolute Gasteiger partial charge is 0.392 e. The van der Waals surface area contributed by atoms with E-state index in [4.69, 9.17) is 9.47 Å². The zero-order chi connectivity index (χ0) is 30.6. The molecule has 0 radical (unpaired) electrons. The summed E-state index contributed by atoms with van der Waals surface area (Å²) in [5.74, 6) is -0.509. The van der Waals surface area contributed by atoms with Crippen LogP contribution in [0.4, 0.5) is 0 Å². The van der Waals surface area contributed by atoms with Gasteiger partial charge in [0.1, 0.15) is 0 Å². The first-order valence-electron chi connectivity index (χ1n) is 15.9. The number of benzene rings is 3. The first-order chi connectivity index (χ1) is 21.1. The Morgan fingerprint density at radius 3 is 2.11 bits per heavy atom. The van der Waals surface area contributed by atoms with Gasteiger partial charge in [0.2, 0.25) is 0 Å². The molecule has 2 unspecified atom stereocenters. The molecule has 1 saturated carbocycles. The molecule has 3 fully saturated rings. The first kappa shape index (κ1) is 29.4. The summed E-state index contributed by atoms with van der Waals surface area (Å²) in [5.41, 5.74) is 5.36. The number of aliphatic hydroxyl groups is 1. The number of fused-ring (bicyclic) bond motifs is 3. The van der Waals surface area contributed by atoms with Gasteiger partial charge in [-0.25, -0.2) is 0 Å². The Bertz CT molecular complexity index is 1520. The molecule has 4 aliphatic rings. The smallest absolute Gasteiger partial charge is 0.261 e. The van der Waals surface area contributed by atoms with Crippen LogP contribution in [-0.2, 0) is 22.6 Å². The first-order valence-corrected chi connectivity index (χ1v) is 15.9. The lowest BCUT2D eigenvalue weighted by molar-refractivity contribution is -0.253. The zero-order valence-electron chi connectivity index (χ0n) is 25.9. The normalized spacial score (nSPS) is 29.7. The van der Waals surface area contributed by atoms with Gasteiger partial charge in [-0.3, -0.25) is 19.4 Å². The molecular formula is C37H42N2O5. The number of ether oxygens (including phenoxy) is 2. The van der Waals surface area contributed by atoms with Gasteiger partial charge in [0, 0.05) is 31.1 Å². The SMILES string of the molecule is CC1(C)CC2CC(C)(CN2C[C@@H]2C[C@H](c3ccc(CO)cc3)O[C@H](c3ccc(CN4C(=O)c5ccccc5C4=O)cc3)O2)C1. The summed E-state index contributed by atoms with van der Waals surface area (Å²) in [5, 5.41) is 9.55. The molecule has 7 nitrogen and oxygen atoms in total. The Morgan fingerprint density at radius 1 is 0.818 bits per heavy atom. The van der Waals surface area contributed by atoms with Crippen LogP contribution < -0.4 is 0 Å². The summed E-state index contributed by atoms with van der Waals surface area (Å²) in [6.45, 7) is 9.47. The number of nitrogens with zero attached hydrogens (tertiary/aromatic N) is 2. The fourth-order valence-corrected chi connectivity index (χ4v) is 8.43. The predicted molar refractivity (Wildman–Crippen MR) is 167 cm³/mol. The van der Waals surface area contributed by atoms with Crippen molar-refractivity contribution in [3.05, 3.63) is 106 Å². The molecule has 1 aliphatic carbocycles. The fourth-order valence-electron chi connectivity index (χ4n) is 8.43. The lowest BCUT2D eigenvalue weighted by atomic mass is 9.65. The molecule has 3 aromatic carbocycles. The number of rotatable bonds is 7. The lowest BCUT2D eigenvalue weighted by Crippen LogP contribution is -2.42. The van der Waals surface area contributed by atoms with Gasteiger partial charge in [-0.2, -0.15) is 0 Å². The minimum atomic E-state index is -0.543. The van der Waals surface area contributed by atoms with Crippen LogP contribution in [0.1, 0.15) is 102 Å². The highest BCUT2D eigenvalue weighted by Crippen LogP contribution is 2.53. The number of imide groups is 1. The maximum absolute atomic E-state index is 12.9. The topological polar surface area (TPSA) is 79.3 Å². The van der Waals surface area contributed by atoms with Crippen molar-refractivity contribution in [2.75, 3.05) is 13.1 Å². The Hall–Kier alpha value is -3.36. The van der Waals surface area contributed by atoms with Crippen molar-refractivity contribution in [2.24, 2.45) is 10.8 Å². The van der Waals surface area contributed by atoms with Gasteiger partial charge < -0.3 is 14.6 Å². The summed E-state index contributed by atoms with van der Waals surface area (Å²) >= 11 is 0. The summed E-state index contributed by atoms with van der Waals surface area (Å²) in [6.07, 6.45) is 3.81. The van der Waals surface area contributed by atoms with Crippen LogP contribution in [0.3, 0.4) is 0 Å². The van der Waals surface area contributed by atoms with Gasteiger partial charge in [-0.05, 0) is 58.9 Å². The number of hydrogen-bond acceptors (Lipinski definition) is 6. The molecule has 5 atom stereocenters. The number of likely N-dealkylation sites (tertiary alicyclic amines) is 1. The average Bonchev–Trinajstić information content (AvgIpc) is 3.39. The molecule has 2 bridgehead atoms. The van der Waals surface area contributed by atoms with Crippen molar-refractivity contribution in [2.45, 2.75) is 84.1 Å². The number of carbonyl (C=O) groups is 2. The third-order valence-corrected chi connectivity index (χ3v) is 10.0. The molecule has 7 rings (SSSR count). The number of amides is 2. The van der Waals surface area contributed by atoms with Crippen molar-refractivity contribution in [1.29, 1.82) is 0 Å². The number of carbonyl (C=O) groups excluding carboxylic acids is 2. The third-order valence-electron chi connectivity index (χ3n) is 10.0. The van der Waals surface area contributed by atoms with Crippen LogP contribution in [0.25, 0.3) is 0 Å². The predicted octanol–water partition coefficient (Wildman–Crippen LogP) is 6.42. The lowest BCUT2D eigenvalue weighted by Gasteiger charge is -2.41. The summed E-state index contributed by atoms with van der Waals surface area (Å²) in [7, 11) is 0. The van der Waals surface area contributed by atoms with Crippen LogP contribution in [0, 0.1) is 10.8 Å². The maximum atomic E-state index is 12.9. The van der Waals surface area contributed by atoms with E-state index in [0.717, 1.165) is 41.8 Å². The second-order valence-electron chi connectivity index (χ2n) is 14.5. The van der Waals surface area contributed by atoms with Gasteiger partial charge in [0.15, 0.2) is 6.29 Å². The van der Waals surface area contributed by atoms with E-state index in [1.807, 2.05) is 48.5 Å². The third kappa shape index (κ3) is 5.63. The summed E-state index contributed by atoms with van der Waals surface area (Å²) < 4.78 is 13.3. The molecule has 2 amide bonds. The molecule has 3 aliphatic heterocycles. The quantitative estimate of drug-likeness (QED) is 0.318. The van der Waals surface area contributed by atoms with Crippen LogP contribution in [-0.4, -0.2) is 52.0 Å². The van der Waals surface area contributed by atoms with E-state index >= 15 is 0 Å². The molecule has 0 aromatic heterocycles. The van der Waals surface area contributed by atoms with Gasteiger partial charge in [0.25, 0.3) is 11.8 Å². The molecule has 7 heteroatoms. The van der Waals surface area contributed by atoms with E-state index in [2.05, 4.69) is 25.7 Å². The van der Waals surface area contributed by atoms with Gasteiger partial charge in [0.05, 0.1) is 36.5 Å². The minimum Gasteiger partial charge on any atom is -0.392 e. The van der Waals surface area contributed by atoms with E-state index < -0.39 is 6.29 Å². The molecule has 1 N–H and O–H groups in total. The van der Waals surface area contributed by atoms with E-state index in [9.17, 15) is 14.7 Å². The Morgan fingerprint density at radius 2 is 1.45 bits per heavy atom. The van der Waals surface area contributed by atoms with Gasteiger partial charge in [-0.15, -0.1) is 0 Å². The molecule has 44 heavy (non-hydrogen) atoms. The van der Waals surface area contributed by atoms with E-state index in [1.165, 1.54) is 24.2 Å². The molecule has 2 saturated heterocycles. The van der Waals surface area contributed by atoms with Crippen molar-refractivity contribution in [1.82, 2.24) is 9.80 Å². The Balaban J connectivity index is 1.09. The van der Waals surface area contributed by atoms with Crippen molar-refractivity contribution in [3.8, 4) is 0 Å². The highest BCUT2D eigenvalue weighted by Gasteiger charge is 2.50. The average molecular weight is 595 g/mol. The standard InChI is InChI=1S/C37H42N2O5/c1-36(2)17-28-18-37(3,22-36)23-38(28)20-29-16-32(26-12-10-25(21-40)11-13-26)44-35(43-29)27-14-8-24(9-15-27)19-39-33(41)30-6-4-5-7-31(30)34(39)42/h4-15,28-29,32,35,40H,16-23H2,1-3H3/t28?,29-,32+,35+,37?/m0/s1. The molecular weight excluding hydrogens is 552 g/mol. The summed E-state index contributed by atoms with van der Waals surface area (Å²) in [6, 6.07) is 23.4. The van der Waals surface area contributed by atoms with E-state index in [0.29, 0.717) is 28.0 Å². The zero-order valence-corrected chi connectivity index (χ0v) is 25.9. The second kappa shape index (κ2) is 11.2. The maximum Gasteiger partial charge on any atom is 0.261 e. The van der Waals surface area contributed by atoms with E-state index in [-0.39, 0.29) is 37.2 Å². The highest BCUT2D eigenvalue weighted by atomic mass is 16.7. The Labute approximate surface area is 259 Å². The van der Waals surface area contributed by atoms with Crippen LogP contribution >= 0.6 is 0 Å². The second-order valence-corrected chi connectivity index (χ2v) is 14.5. The Kier molecular flexibility index (Phi) is 7.48. The molecule has 0 spiro atoms. The molecule has 230 valence electrons. The number of hydrogen-bond donors (Lipinski definition) is 1. The fraction of sp³-hybridized carbons (Fsp3) is 0.459. The van der Waals surface area contributed by atoms with Crippen LogP contribution in [0.15, 0.2) is 72.8 Å². The minimum absolute atomic E-state index is 0.000328. The summed E-state index contributed by atoms with van der Waals surface area (Å²) in [4.78, 5) is 29.7. The van der Waals surface area contributed by atoms with Crippen LogP contribution in [0.5, 0.6) is 0 Å². The van der Waals surface area contributed by atoms with Crippen molar-refractivity contribution >= 4 is 11.8 Å². The monoisotopic (exact) mass is 594 g/mol. The van der Waals surface area contributed by atoms with Gasteiger partial charge in [-0.1, -0.05) is 81.4 Å².